The van der Waals surface area contributed by atoms with Crippen molar-refractivity contribution in [2.45, 2.75) is 31.5 Å². The standard InChI is InChI=1S/C18H22FN3O4/c1-26-16-3-2-11(10-14(16)19)17(12-8-13(24)9-12)21-18(25)15-4-5-20-22(15)6-7-23/h2-5,10,12-13,17,23-24H,6-9H2,1H3,(H,21,25)/t12?,13?,17-/m1/s1. The van der Waals surface area contributed by atoms with E-state index in [1.807, 2.05) is 0 Å². The van der Waals surface area contributed by atoms with E-state index in [4.69, 9.17) is 9.84 Å². The van der Waals surface area contributed by atoms with Gasteiger partial charge in [-0.05, 0) is 42.5 Å². The van der Waals surface area contributed by atoms with Crippen molar-refractivity contribution in [1.82, 2.24) is 15.1 Å². The number of nitrogens with one attached hydrogen (secondary N) is 1. The number of halogens is 1. The normalized spacial score (nSPS) is 20.3. The summed E-state index contributed by atoms with van der Waals surface area (Å²) in [6, 6.07) is 5.70. The number of methoxy groups -OCH3 is 1. The molecule has 0 aliphatic heterocycles. The van der Waals surface area contributed by atoms with Crippen LogP contribution in [0.5, 0.6) is 5.75 Å². The Morgan fingerprint density at radius 3 is 2.85 bits per heavy atom. The fraction of sp³-hybridized carbons (Fsp3) is 0.444. The Hall–Kier alpha value is -2.45. The second-order valence-electron chi connectivity index (χ2n) is 6.39. The molecule has 140 valence electrons. The van der Waals surface area contributed by atoms with E-state index in [2.05, 4.69) is 10.4 Å². The van der Waals surface area contributed by atoms with Gasteiger partial charge >= 0.3 is 0 Å². The van der Waals surface area contributed by atoms with Gasteiger partial charge in [0.25, 0.3) is 5.91 Å². The van der Waals surface area contributed by atoms with Gasteiger partial charge in [-0.1, -0.05) is 6.07 Å². The SMILES string of the molecule is COc1ccc([C@@H](NC(=O)c2ccnn2CCO)C2CC(O)C2)cc1F. The number of benzene rings is 1. The molecule has 0 bridgehead atoms. The number of aromatic nitrogens is 2. The van der Waals surface area contributed by atoms with Crippen LogP contribution >= 0.6 is 0 Å². The van der Waals surface area contributed by atoms with Crippen LogP contribution in [0, 0.1) is 11.7 Å². The average Bonchev–Trinajstić information content (AvgIpc) is 3.06. The van der Waals surface area contributed by atoms with Crippen molar-refractivity contribution in [3.8, 4) is 5.75 Å². The maximum atomic E-state index is 14.1. The molecule has 0 saturated heterocycles. The van der Waals surface area contributed by atoms with E-state index < -0.39 is 18.0 Å². The summed E-state index contributed by atoms with van der Waals surface area (Å²) < 4.78 is 20.5. The monoisotopic (exact) mass is 363 g/mol. The summed E-state index contributed by atoms with van der Waals surface area (Å²) in [7, 11) is 1.39. The van der Waals surface area contributed by atoms with Crippen LogP contribution in [0.3, 0.4) is 0 Å². The molecule has 2 aromatic rings. The Bertz CT molecular complexity index is 774. The smallest absolute Gasteiger partial charge is 0.270 e. The zero-order valence-electron chi connectivity index (χ0n) is 14.4. The molecule has 0 spiro atoms. The van der Waals surface area contributed by atoms with Crippen molar-refractivity contribution in [2.75, 3.05) is 13.7 Å². The fourth-order valence-corrected chi connectivity index (χ4v) is 3.27. The van der Waals surface area contributed by atoms with Gasteiger partial charge in [0.2, 0.25) is 0 Å². The second kappa shape index (κ2) is 7.84. The molecule has 1 aliphatic carbocycles. The molecular formula is C18H22FN3O4. The van der Waals surface area contributed by atoms with Crippen molar-refractivity contribution >= 4 is 5.91 Å². The van der Waals surface area contributed by atoms with E-state index in [9.17, 15) is 14.3 Å². The van der Waals surface area contributed by atoms with Crippen molar-refractivity contribution in [2.24, 2.45) is 5.92 Å². The summed E-state index contributed by atoms with van der Waals surface area (Å²) in [6.45, 7) is 0.0730. The minimum atomic E-state index is -0.505. The summed E-state index contributed by atoms with van der Waals surface area (Å²) in [5.41, 5.74) is 0.930. The predicted molar refractivity (Wildman–Crippen MR) is 91.2 cm³/mol. The van der Waals surface area contributed by atoms with Gasteiger partial charge in [-0.3, -0.25) is 9.48 Å². The van der Waals surface area contributed by atoms with E-state index in [0.29, 0.717) is 24.1 Å². The van der Waals surface area contributed by atoms with E-state index in [-0.39, 0.29) is 30.7 Å². The Morgan fingerprint density at radius 2 is 2.23 bits per heavy atom. The largest absolute Gasteiger partial charge is 0.494 e. The van der Waals surface area contributed by atoms with E-state index in [1.165, 1.54) is 30.1 Å². The summed E-state index contributed by atoms with van der Waals surface area (Å²) in [6.07, 6.45) is 2.16. The number of aliphatic hydroxyl groups is 2. The average molecular weight is 363 g/mol. The predicted octanol–water partition coefficient (Wildman–Crippen LogP) is 1.27. The number of hydrogen-bond donors (Lipinski definition) is 3. The number of nitrogens with zero attached hydrogens (tertiary/aromatic N) is 2. The van der Waals surface area contributed by atoms with Crippen molar-refractivity contribution < 1.29 is 24.1 Å². The molecule has 1 saturated carbocycles. The number of carbonyl (C=O) groups excluding carboxylic acids is 1. The maximum Gasteiger partial charge on any atom is 0.270 e. The van der Waals surface area contributed by atoms with E-state index in [0.717, 1.165) is 0 Å². The molecule has 8 heteroatoms. The number of aliphatic hydroxyl groups excluding tert-OH is 2. The number of rotatable bonds is 7. The van der Waals surface area contributed by atoms with Crippen LogP contribution < -0.4 is 10.1 Å². The molecule has 1 fully saturated rings. The summed E-state index contributed by atoms with van der Waals surface area (Å²) in [5.74, 6) is -0.725. The summed E-state index contributed by atoms with van der Waals surface area (Å²) in [5, 5.41) is 25.6. The van der Waals surface area contributed by atoms with Gasteiger partial charge in [0.1, 0.15) is 5.69 Å². The van der Waals surface area contributed by atoms with Gasteiger partial charge in [-0.15, -0.1) is 0 Å². The van der Waals surface area contributed by atoms with Gasteiger partial charge in [0, 0.05) is 6.20 Å². The zero-order chi connectivity index (χ0) is 18.7. The van der Waals surface area contributed by atoms with Gasteiger partial charge in [-0.2, -0.15) is 5.10 Å². The van der Waals surface area contributed by atoms with Crippen molar-refractivity contribution in [3.63, 3.8) is 0 Å². The third kappa shape index (κ3) is 3.71. The van der Waals surface area contributed by atoms with Gasteiger partial charge < -0.3 is 20.3 Å². The first-order valence-electron chi connectivity index (χ1n) is 8.48. The van der Waals surface area contributed by atoms with Crippen LogP contribution in [0.4, 0.5) is 4.39 Å². The second-order valence-corrected chi connectivity index (χ2v) is 6.39. The molecule has 3 rings (SSSR count). The zero-order valence-corrected chi connectivity index (χ0v) is 14.4. The Balaban J connectivity index is 1.84. The summed E-state index contributed by atoms with van der Waals surface area (Å²) in [4.78, 5) is 12.7. The van der Waals surface area contributed by atoms with Gasteiger partial charge in [0.15, 0.2) is 11.6 Å². The first-order chi connectivity index (χ1) is 12.5. The highest BCUT2D eigenvalue weighted by molar-refractivity contribution is 5.92. The molecule has 0 unspecified atom stereocenters. The molecule has 0 radical (unpaired) electrons. The van der Waals surface area contributed by atoms with Crippen LogP contribution in [-0.2, 0) is 6.54 Å². The molecule has 1 heterocycles. The summed E-state index contributed by atoms with van der Waals surface area (Å²) >= 11 is 0. The van der Waals surface area contributed by atoms with Crippen LogP contribution in [0.15, 0.2) is 30.5 Å². The van der Waals surface area contributed by atoms with E-state index in [1.54, 1.807) is 12.1 Å². The number of ether oxygens (including phenoxy) is 1. The molecule has 7 nitrogen and oxygen atoms in total. The highest BCUT2D eigenvalue weighted by Gasteiger charge is 2.36. The first kappa shape index (κ1) is 18.3. The fourth-order valence-electron chi connectivity index (χ4n) is 3.27. The Morgan fingerprint density at radius 1 is 1.46 bits per heavy atom. The molecule has 1 amide bonds. The molecule has 1 aliphatic rings. The Labute approximate surface area is 150 Å². The van der Waals surface area contributed by atoms with Crippen LogP contribution in [-0.4, -0.2) is 45.7 Å². The molecule has 1 atom stereocenters. The Kier molecular flexibility index (Phi) is 5.53. The van der Waals surface area contributed by atoms with Crippen LogP contribution in [0.25, 0.3) is 0 Å². The van der Waals surface area contributed by atoms with Crippen molar-refractivity contribution in [3.05, 3.63) is 47.5 Å². The quantitative estimate of drug-likeness (QED) is 0.688. The van der Waals surface area contributed by atoms with Crippen molar-refractivity contribution in [1.29, 1.82) is 0 Å². The number of hydrogen-bond acceptors (Lipinski definition) is 5. The first-order valence-corrected chi connectivity index (χ1v) is 8.48. The van der Waals surface area contributed by atoms with Crippen LogP contribution in [0.2, 0.25) is 0 Å². The number of amides is 1. The third-order valence-corrected chi connectivity index (χ3v) is 4.70. The lowest BCUT2D eigenvalue weighted by Crippen LogP contribution is -2.42. The lowest BCUT2D eigenvalue weighted by atomic mass is 9.75. The topological polar surface area (TPSA) is 96.6 Å². The minimum Gasteiger partial charge on any atom is -0.494 e. The minimum absolute atomic E-state index is 0.0101. The molecule has 26 heavy (non-hydrogen) atoms. The maximum absolute atomic E-state index is 14.1. The molecule has 1 aromatic carbocycles. The highest BCUT2D eigenvalue weighted by atomic mass is 19.1. The molecular weight excluding hydrogens is 341 g/mol. The highest BCUT2D eigenvalue weighted by Crippen LogP contribution is 2.39. The molecule has 3 N–H and O–H groups in total. The third-order valence-electron chi connectivity index (χ3n) is 4.70. The van der Waals surface area contributed by atoms with E-state index >= 15 is 0 Å². The lowest BCUT2D eigenvalue weighted by Gasteiger charge is -2.38. The number of carbonyl (C=O) groups is 1. The molecule has 1 aromatic heterocycles. The lowest BCUT2D eigenvalue weighted by molar-refractivity contribution is 0.0233. The van der Waals surface area contributed by atoms with Gasteiger partial charge in [0.05, 0.1) is 32.4 Å². The van der Waals surface area contributed by atoms with Crippen LogP contribution in [0.1, 0.15) is 34.9 Å². The van der Waals surface area contributed by atoms with Gasteiger partial charge in [-0.25, -0.2) is 4.39 Å².